The van der Waals surface area contributed by atoms with Gasteiger partial charge in [0.15, 0.2) is 0 Å². The van der Waals surface area contributed by atoms with Gasteiger partial charge in [-0.3, -0.25) is 0 Å². The third kappa shape index (κ3) is 4.60. The van der Waals surface area contributed by atoms with Crippen molar-refractivity contribution in [3.63, 3.8) is 0 Å². The lowest BCUT2D eigenvalue weighted by atomic mass is 10.1. The summed E-state index contributed by atoms with van der Waals surface area (Å²) in [6.07, 6.45) is 7.00. The van der Waals surface area contributed by atoms with Crippen LogP contribution in [0.1, 0.15) is 36.6 Å². The quantitative estimate of drug-likeness (QED) is 0.733. The first-order valence-corrected chi connectivity index (χ1v) is 8.78. The zero-order valence-corrected chi connectivity index (χ0v) is 14.2. The van der Waals surface area contributed by atoms with Crippen LogP contribution in [0.15, 0.2) is 42.7 Å². The maximum Gasteiger partial charge on any atom is 0.314 e. The Morgan fingerprint density at radius 3 is 2.83 bits per heavy atom. The standard InChI is InChI=1S/C19H26N4O/c1-15-20-10-12-23(15)11-6-5-9-21-19(24)22-14-17-13-18(17)16-7-3-2-4-8-16/h2-4,7-8,10,12,17-18H,5-6,9,11,13-14H2,1H3,(H2,21,22,24)/t17-,18-/m1/s1. The Balaban J connectivity index is 1.24. The highest BCUT2D eigenvalue weighted by molar-refractivity contribution is 5.73. The van der Waals surface area contributed by atoms with Crippen LogP contribution in [0.2, 0.25) is 0 Å². The molecule has 2 amide bonds. The Morgan fingerprint density at radius 1 is 1.25 bits per heavy atom. The van der Waals surface area contributed by atoms with Crippen LogP contribution in [0.3, 0.4) is 0 Å². The number of aromatic nitrogens is 2. The fourth-order valence-electron chi connectivity index (χ4n) is 3.12. The number of hydrogen-bond acceptors (Lipinski definition) is 2. The normalized spacial score (nSPS) is 19.0. The number of nitrogens with one attached hydrogen (secondary N) is 2. The third-order valence-corrected chi connectivity index (χ3v) is 4.71. The summed E-state index contributed by atoms with van der Waals surface area (Å²) in [6.45, 7) is 4.44. The van der Waals surface area contributed by atoms with Gasteiger partial charge in [-0.05, 0) is 43.6 Å². The van der Waals surface area contributed by atoms with E-state index in [9.17, 15) is 4.79 Å². The minimum atomic E-state index is -0.0486. The van der Waals surface area contributed by atoms with Crippen molar-refractivity contribution in [2.45, 2.75) is 38.6 Å². The Hall–Kier alpha value is -2.30. The van der Waals surface area contributed by atoms with Crippen LogP contribution in [-0.4, -0.2) is 28.7 Å². The van der Waals surface area contributed by atoms with Gasteiger partial charge in [0.2, 0.25) is 0 Å². The molecule has 24 heavy (non-hydrogen) atoms. The van der Waals surface area contributed by atoms with Gasteiger partial charge in [-0.15, -0.1) is 0 Å². The Kier molecular flexibility index (Phi) is 5.51. The monoisotopic (exact) mass is 326 g/mol. The SMILES string of the molecule is Cc1nccn1CCCCNC(=O)NC[C@H]1C[C@@H]1c1ccccc1. The van der Waals surface area contributed by atoms with Gasteiger partial charge in [-0.1, -0.05) is 30.3 Å². The third-order valence-electron chi connectivity index (χ3n) is 4.71. The van der Waals surface area contributed by atoms with Crippen LogP contribution in [-0.2, 0) is 6.54 Å². The summed E-state index contributed by atoms with van der Waals surface area (Å²) in [6, 6.07) is 10.5. The molecule has 1 aliphatic rings. The molecule has 1 aromatic carbocycles. The van der Waals surface area contributed by atoms with Crippen molar-refractivity contribution in [3.8, 4) is 0 Å². The summed E-state index contributed by atoms with van der Waals surface area (Å²) in [5, 5.41) is 5.93. The van der Waals surface area contributed by atoms with Gasteiger partial charge < -0.3 is 15.2 Å². The van der Waals surface area contributed by atoms with E-state index in [4.69, 9.17) is 0 Å². The van der Waals surface area contributed by atoms with E-state index >= 15 is 0 Å². The number of rotatable bonds is 8. The lowest BCUT2D eigenvalue weighted by Crippen LogP contribution is -2.37. The molecular formula is C19H26N4O. The second-order valence-electron chi connectivity index (χ2n) is 6.52. The van der Waals surface area contributed by atoms with E-state index in [-0.39, 0.29) is 6.03 Å². The minimum absolute atomic E-state index is 0.0486. The van der Waals surface area contributed by atoms with Gasteiger partial charge >= 0.3 is 6.03 Å². The van der Waals surface area contributed by atoms with Crippen molar-refractivity contribution in [1.29, 1.82) is 0 Å². The molecule has 3 rings (SSSR count). The molecule has 1 heterocycles. The van der Waals surface area contributed by atoms with Gasteiger partial charge in [0.25, 0.3) is 0 Å². The molecule has 5 heteroatoms. The molecule has 5 nitrogen and oxygen atoms in total. The van der Waals surface area contributed by atoms with Crippen molar-refractivity contribution >= 4 is 6.03 Å². The molecule has 0 saturated heterocycles. The summed E-state index contributed by atoms with van der Waals surface area (Å²) in [4.78, 5) is 16.0. The molecule has 2 N–H and O–H groups in total. The Labute approximate surface area is 143 Å². The topological polar surface area (TPSA) is 59.0 Å². The highest BCUT2D eigenvalue weighted by Gasteiger charge is 2.37. The molecule has 0 aliphatic heterocycles. The van der Waals surface area contributed by atoms with Crippen molar-refractivity contribution in [1.82, 2.24) is 20.2 Å². The Bertz CT molecular complexity index is 652. The number of imidazole rings is 1. The first-order valence-electron chi connectivity index (χ1n) is 8.78. The molecule has 2 atom stereocenters. The van der Waals surface area contributed by atoms with Crippen LogP contribution in [0.4, 0.5) is 4.79 Å². The van der Waals surface area contributed by atoms with Crippen molar-refractivity contribution < 1.29 is 4.79 Å². The van der Waals surface area contributed by atoms with E-state index in [1.165, 1.54) is 12.0 Å². The zero-order valence-electron chi connectivity index (χ0n) is 14.2. The van der Waals surface area contributed by atoms with Gasteiger partial charge in [0, 0.05) is 32.0 Å². The highest BCUT2D eigenvalue weighted by Crippen LogP contribution is 2.46. The van der Waals surface area contributed by atoms with E-state index in [1.807, 2.05) is 25.4 Å². The van der Waals surface area contributed by atoms with Crippen molar-refractivity contribution in [2.75, 3.05) is 13.1 Å². The van der Waals surface area contributed by atoms with E-state index < -0.39 is 0 Å². The number of nitrogens with zero attached hydrogens (tertiary/aromatic N) is 2. The predicted molar refractivity (Wildman–Crippen MR) is 94.9 cm³/mol. The molecule has 2 aromatic rings. The number of carbonyl (C=O) groups excluding carboxylic acids is 1. The average molecular weight is 326 g/mol. The van der Waals surface area contributed by atoms with E-state index in [1.54, 1.807) is 0 Å². The fourth-order valence-corrected chi connectivity index (χ4v) is 3.12. The van der Waals surface area contributed by atoms with Crippen LogP contribution in [0.25, 0.3) is 0 Å². The van der Waals surface area contributed by atoms with Crippen LogP contribution in [0.5, 0.6) is 0 Å². The van der Waals surface area contributed by atoms with E-state index in [0.29, 0.717) is 18.4 Å². The zero-order chi connectivity index (χ0) is 16.8. The molecule has 128 valence electrons. The number of unbranched alkanes of at least 4 members (excludes halogenated alkanes) is 1. The van der Waals surface area contributed by atoms with Crippen LogP contribution >= 0.6 is 0 Å². The Morgan fingerprint density at radius 2 is 2.08 bits per heavy atom. The number of urea groups is 1. The second kappa shape index (κ2) is 7.99. The minimum Gasteiger partial charge on any atom is -0.338 e. The number of amides is 2. The molecule has 1 fully saturated rings. The number of aryl methyl sites for hydroxylation is 2. The largest absolute Gasteiger partial charge is 0.338 e. The van der Waals surface area contributed by atoms with Crippen LogP contribution < -0.4 is 10.6 Å². The smallest absolute Gasteiger partial charge is 0.314 e. The van der Waals surface area contributed by atoms with E-state index in [0.717, 1.165) is 31.8 Å². The summed E-state index contributed by atoms with van der Waals surface area (Å²) in [5.41, 5.74) is 1.39. The predicted octanol–water partition coefficient (Wildman–Crippen LogP) is 3.07. The first-order chi connectivity index (χ1) is 11.7. The molecule has 0 radical (unpaired) electrons. The molecule has 1 aromatic heterocycles. The fraction of sp³-hybridized carbons (Fsp3) is 0.474. The first kappa shape index (κ1) is 16.6. The molecule has 0 spiro atoms. The summed E-state index contributed by atoms with van der Waals surface area (Å²) < 4.78 is 2.14. The lowest BCUT2D eigenvalue weighted by molar-refractivity contribution is 0.240. The molecule has 0 unspecified atom stereocenters. The number of hydrogen-bond donors (Lipinski definition) is 2. The average Bonchev–Trinajstić information content (AvgIpc) is 3.28. The summed E-state index contributed by atoms with van der Waals surface area (Å²) in [7, 11) is 0. The van der Waals surface area contributed by atoms with Crippen molar-refractivity contribution in [2.24, 2.45) is 5.92 Å². The maximum absolute atomic E-state index is 11.8. The summed E-state index contributed by atoms with van der Waals surface area (Å²) in [5.74, 6) is 2.24. The van der Waals surface area contributed by atoms with Gasteiger partial charge in [0.1, 0.15) is 5.82 Å². The summed E-state index contributed by atoms with van der Waals surface area (Å²) >= 11 is 0. The van der Waals surface area contributed by atoms with Gasteiger partial charge in [0.05, 0.1) is 0 Å². The molecule has 1 saturated carbocycles. The molecule has 0 bridgehead atoms. The molecule has 1 aliphatic carbocycles. The lowest BCUT2D eigenvalue weighted by Gasteiger charge is -2.08. The maximum atomic E-state index is 11.8. The van der Waals surface area contributed by atoms with Crippen molar-refractivity contribution in [3.05, 3.63) is 54.1 Å². The second-order valence-corrected chi connectivity index (χ2v) is 6.52. The molecular weight excluding hydrogens is 300 g/mol. The van der Waals surface area contributed by atoms with Crippen LogP contribution in [0, 0.1) is 12.8 Å². The van der Waals surface area contributed by atoms with Gasteiger partial charge in [-0.2, -0.15) is 0 Å². The van der Waals surface area contributed by atoms with Gasteiger partial charge in [-0.25, -0.2) is 9.78 Å². The number of benzene rings is 1. The highest BCUT2D eigenvalue weighted by atomic mass is 16.2. The number of carbonyl (C=O) groups is 1. The van der Waals surface area contributed by atoms with E-state index in [2.05, 4.69) is 44.5 Å².